The molecule has 0 aromatic carbocycles. The quantitative estimate of drug-likeness (QED) is 0.562. The first-order valence-corrected chi connectivity index (χ1v) is 7.14. The zero-order valence-corrected chi connectivity index (χ0v) is 11.3. The van der Waals surface area contributed by atoms with E-state index in [1.165, 1.54) is 6.42 Å². The van der Waals surface area contributed by atoms with Crippen LogP contribution in [0.2, 0.25) is 0 Å². The largest absolute Gasteiger partial charge is 0.376 e. The predicted octanol–water partition coefficient (Wildman–Crippen LogP) is 1.08. The van der Waals surface area contributed by atoms with Crippen LogP contribution in [0.3, 0.4) is 0 Å². The van der Waals surface area contributed by atoms with Crippen molar-refractivity contribution in [2.75, 3.05) is 33.0 Å². The number of ether oxygens (including phenoxy) is 1. The molecule has 4 nitrogen and oxygen atoms in total. The summed E-state index contributed by atoms with van der Waals surface area (Å²) in [6.07, 6.45) is 4.82. The number of hydrogen-bond donors (Lipinski definition) is 2. The molecule has 0 radical (unpaired) electrons. The van der Waals surface area contributed by atoms with E-state index in [9.17, 15) is 0 Å². The van der Waals surface area contributed by atoms with E-state index < -0.39 is 0 Å². The fraction of sp³-hybridized carbons (Fsp3) is 0.909. The Balaban J connectivity index is 2.16. The topological polar surface area (TPSA) is 45.7 Å². The highest BCUT2D eigenvalue weighted by atomic mass is 32.2. The second kappa shape index (κ2) is 7.79. The van der Waals surface area contributed by atoms with Crippen LogP contribution < -0.4 is 10.6 Å². The van der Waals surface area contributed by atoms with Gasteiger partial charge in [-0.25, -0.2) is 0 Å². The fourth-order valence-corrected chi connectivity index (χ4v) is 1.81. The Bertz CT molecular complexity index is 217. The zero-order chi connectivity index (χ0) is 11.8. The minimum Gasteiger partial charge on any atom is -0.376 e. The maximum absolute atomic E-state index is 5.55. The van der Waals surface area contributed by atoms with Crippen molar-refractivity contribution in [2.45, 2.75) is 31.1 Å². The summed E-state index contributed by atoms with van der Waals surface area (Å²) in [5, 5.41) is 7.20. The average molecular weight is 245 g/mol. The summed E-state index contributed by atoms with van der Waals surface area (Å²) in [6, 6.07) is 0. The van der Waals surface area contributed by atoms with E-state index in [-0.39, 0.29) is 0 Å². The van der Waals surface area contributed by atoms with E-state index >= 15 is 0 Å². The van der Waals surface area contributed by atoms with E-state index in [0.717, 1.165) is 32.1 Å². The van der Waals surface area contributed by atoms with Gasteiger partial charge in [-0.2, -0.15) is 11.8 Å². The van der Waals surface area contributed by atoms with E-state index in [2.05, 4.69) is 28.8 Å². The second-order valence-corrected chi connectivity index (χ2v) is 5.29. The minimum absolute atomic E-state index is 0.358. The van der Waals surface area contributed by atoms with Gasteiger partial charge in [-0.15, -0.1) is 0 Å². The van der Waals surface area contributed by atoms with Crippen LogP contribution >= 0.6 is 11.8 Å². The summed E-state index contributed by atoms with van der Waals surface area (Å²) in [4.78, 5) is 4.18. The standard InChI is InChI=1S/C11H23N3OS/c1-9(16-3)7-13-11(12-2)14-8-10-5-4-6-15-10/h9-10H,4-8H2,1-3H3,(H2,12,13,14). The molecule has 1 saturated heterocycles. The molecule has 2 unspecified atom stereocenters. The van der Waals surface area contributed by atoms with Crippen molar-refractivity contribution in [3.05, 3.63) is 0 Å². The molecule has 1 aliphatic rings. The Morgan fingerprint density at radius 3 is 2.94 bits per heavy atom. The molecular formula is C11H23N3OS. The third-order valence-electron chi connectivity index (χ3n) is 2.70. The van der Waals surface area contributed by atoms with Crippen molar-refractivity contribution in [2.24, 2.45) is 4.99 Å². The van der Waals surface area contributed by atoms with Crippen molar-refractivity contribution in [1.82, 2.24) is 10.6 Å². The first kappa shape index (κ1) is 13.6. The number of nitrogens with zero attached hydrogens (tertiary/aromatic N) is 1. The van der Waals surface area contributed by atoms with E-state index in [1.807, 2.05) is 11.8 Å². The molecule has 1 heterocycles. The number of thioether (sulfide) groups is 1. The minimum atomic E-state index is 0.358. The number of aliphatic imine (C=N–C) groups is 1. The van der Waals surface area contributed by atoms with Gasteiger partial charge in [0.2, 0.25) is 0 Å². The normalized spacial score (nSPS) is 23.2. The smallest absolute Gasteiger partial charge is 0.191 e. The summed E-state index contributed by atoms with van der Waals surface area (Å²) in [7, 11) is 1.80. The molecule has 1 fully saturated rings. The van der Waals surface area contributed by atoms with Gasteiger partial charge in [-0.1, -0.05) is 6.92 Å². The van der Waals surface area contributed by atoms with Crippen LogP contribution in [0.5, 0.6) is 0 Å². The Morgan fingerprint density at radius 1 is 1.56 bits per heavy atom. The predicted molar refractivity (Wildman–Crippen MR) is 71.3 cm³/mol. The van der Waals surface area contributed by atoms with E-state index in [1.54, 1.807) is 7.05 Å². The summed E-state index contributed by atoms with van der Waals surface area (Å²) in [6.45, 7) is 4.90. The Morgan fingerprint density at radius 2 is 2.38 bits per heavy atom. The van der Waals surface area contributed by atoms with Crippen molar-refractivity contribution in [1.29, 1.82) is 0 Å². The van der Waals surface area contributed by atoms with Gasteiger partial charge >= 0.3 is 0 Å². The lowest BCUT2D eigenvalue weighted by molar-refractivity contribution is 0.114. The fourth-order valence-electron chi connectivity index (χ4n) is 1.56. The lowest BCUT2D eigenvalue weighted by atomic mass is 10.2. The lowest BCUT2D eigenvalue weighted by Gasteiger charge is -2.16. The van der Waals surface area contributed by atoms with Crippen LogP contribution in [0.1, 0.15) is 19.8 Å². The molecule has 0 amide bonds. The van der Waals surface area contributed by atoms with Gasteiger partial charge in [0.1, 0.15) is 0 Å². The number of guanidine groups is 1. The monoisotopic (exact) mass is 245 g/mol. The van der Waals surface area contributed by atoms with Crippen LogP contribution in [0, 0.1) is 0 Å². The van der Waals surface area contributed by atoms with Gasteiger partial charge in [0, 0.05) is 32.0 Å². The molecule has 0 aliphatic carbocycles. The van der Waals surface area contributed by atoms with Crippen molar-refractivity contribution in [3.63, 3.8) is 0 Å². The zero-order valence-electron chi connectivity index (χ0n) is 10.5. The van der Waals surface area contributed by atoms with Crippen LogP contribution in [0.4, 0.5) is 0 Å². The van der Waals surface area contributed by atoms with Crippen LogP contribution in [-0.4, -0.2) is 50.3 Å². The molecule has 2 N–H and O–H groups in total. The highest BCUT2D eigenvalue weighted by Crippen LogP contribution is 2.10. The molecule has 1 aliphatic heterocycles. The number of hydrogen-bond acceptors (Lipinski definition) is 3. The van der Waals surface area contributed by atoms with Crippen LogP contribution in [0.15, 0.2) is 4.99 Å². The molecule has 0 saturated carbocycles. The van der Waals surface area contributed by atoms with Gasteiger partial charge in [0.05, 0.1) is 6.10 Å². The summed E-state index contributed by atoms with van der Waals surface area (Å²) >= 11 is 1.85. The Hall–Kier alpha value is -0.420. The maximum Gasteiger partial charge on any atom is 0.191 e. The molecule has 5 heteroatoms. The highest BCUT2D eigenvalue weighted by molar-refractivity contribution is 7.99. The van der Waals surface area contributed by atoms with Gasteiger partial charge in [0.15, 0.2) is 5.96 Å². The highest BCUT2D eigenvalue weighted by Gasteiger charge is 2.15. The first-order valence-electron chi connectivity index (χ1n) is 5.85. The molecule has 94 valence electrons. The van der Waals surface area contributed by atoms with Crippen molar-refractivity contribution >= 4 is 17.7 Å². The molecule has 0 aromatic heterocycles. The molecule has 16 heavy (non-hydrogen) atoms. The van der Waals surface area contributed by atoms with Gasteiger partial charge in [-0.3, -0.25) is 4.99 Å². The lowest BCUT2D eigenvalue weighted by Crippen LogP contribution is -2.42. The Kier molecular flexibility index (Phi) is 6.64. The first-order chi connectivity index (χ1) is 7.76. The van der Waals surface area contributed by atoms with Crippen LogP contribution in [-0.2, 0) is 4.74 Å². The van der Waals surface area contributed by atoms with Gasteiger partial charge in [0.25, 0.3) is 0 Å². The van der Waals surface area contributed by atoms with E-state index in [4.69, 9.17) is 4.74 Å². The number of nitrogens with one attached hydrogen (secondary N) is 2. The molecule has 0 spiro atoms. The summed E-state index contributed by atoms with van der Waals surface area (Å²) in [5.74, 6) is 0.872. The van der Waals surface area contributed by atoms with Gasteiger partial charge in [-0.05, 0) is 19.1 Å². The second-order valence-electron chi connectivity index (χ2n) is 4.02. The van der Waals surface area contributed by atoms with Crippen molar-refractivity contribution in [3.8, 4) is 0 Å². The number of rotatable bonds is 5. The SMILES string of the molecule is CN=C(NCC1CCCO1)NCC(C)SC. The third-order valence-corrected chi connectivity index (χ3v) is 3.68. The summed E-state index contributed by atoms with van der Waals surface area (Å²) < 4.78 is 5.55. The molecule has 2 atom stereocenters. The third kappa shape index (κ3) is 5.07. The van der Waals surface area contributed by atoms with Crippen LogP contribution in [0.25, 0.3) is 0 Å². The molecular weight excluding hydrogens is 222 g/mol. The van der Waals surface area contributed by atoms with E-state index in [0.29, 0.717) is 11.4 Å². The van der Waals surface area contributed by atoms with Crippen molar-refractivity contribution < 1.29 is 4.74 Å². The maximum atomic E-state index is 5.55. The average Bonchev–Trinajstić information content (AvgIpc) is 2.81. The summed E-state index contributed by atoms with van der Waals surface area (Å²) in [5.41, 5.74) is 0. The molecule has 0 aromatic rings. The molecule has 0 bridgehead atoms. The Labute approximate surface area is 103 Å². The molecule has 1 rings (SSSR count). The van der Waals surface area contributed by atoms with Gasteiger partial charge < -0.3 is 15.4 Å².